The standard InChI is InChI=1S/C35H22ClFN4O4S2/c1-19-10-12-20(13-11-19)17-40-26-9-5-3-7-24(26)35(32(40)44)28-29(42)23-16-22(37)14-15-27(23)45-30(28)31(43)41(35)33-38-39-34(47-33)46-18-21-6-2-4-8-25(21)36/h2-16H,17-18H2,1H3. The third-order valence-electron chi connectivity index (χ3n) is 8.44. The summed E-state index contributed by atoms with van der Waals surface area (Å²) < 4.78 is 21.0. The van der Waals surface area contributed by atoms with E-state index in [4.69, 9.17) is 16.0 Å². The van der Waals surface area contributed by atoms with Crippen LogP contribution in [0.1, 0.15) is 38.4 Å². The third-order valence-corrected chi connectivity index (χ3v) is 10.9. The Morgan fingerprint density at radius 2 is 1.72 bits per heavy atom. The fourth-order valence-corrected chi connectivity index (χ4v) is 8.45. The SMILES string of the molecule is Cc1ccc(CN2C(=O)C3(c4ccccc42)c2c(oc4ccc(F)cc4c2=O)C(=O)N3c2nnc(SCc3ccccc3Cl)s2)cc1. The van der Waals surface area contributed by atoms with E-state index >= 15 is 4.79 Å². The van der Waals surface area contributed by atoms with Crippen molar-refractivity contribution >= 4 is 68.3 Å². The van der Waals surface area contributed by atoms with Gasteiger partial charge in [0.05, 0.1) is 23.2 Å². The molecule has 1 atom stereocenters. The molecule has 2 amide bonds. The minimum absolute atomic E-state index is 0.0315. The van der Waals surface area contributed by atoms with E-state index in [0.717, 1.165) is 40.2 Å². The summed E-state index contributed by atoms with van der Waals surface area (Å²) in [5.41, 5.74) is 0.970. The van der Waals surface area contributed by atoms with Gasteiger partial charge in [0.1, 0.15) is 11.4 Å². The highest BCUT2D eigenvalue weighted by molar-refractivity contribution is 8.00. The maximum Gasteiger partial charge on any atom is 0.297 e. The van der Waals surface area contributed by atoms with Crippen molar-refractivity contribution in [2.75, 3.05) is 9.80 Å². The molecule has 8 rings (SSSR count). The van der Waals surface area contributed by atoms with Crippen LogP contribution in [-0.2, 0) is 22.6 Å². The quantitative estimate of drug-likeness (QED) is 0.133. The smallest absolute Gasteiger partial charge is 0.297 e. The maximum absolute atomic E-state index is 15.1. The molecule has 0 fully saturated rings. The van der Waals surface area contributed by atoms with E-state index in [1.165, 1.54) is 22.7 Å². The first kappa shape index (κ1) is 29.6. The molecule has 0 saturated carbocycles. The van der Waals surface area contributed by atoms with Gasteiger partial charge in [-0.3, -0.25) is 19.3 Å². The van der Waals surface area contributed by atoms with E-state index < -0.39 is 28.6 Å². The van der Waals surface area contributed by atoms with E-state index in [-0.39, 0.29) is 34.0 Å². The van der Waals surface area contributed by atoms with Crippen LogP contribution in [0.2, 0.25) is 5.02 Å². The molecule has 0 N–H and O–H groups in total. The summed E-state index contributed by atoms with van der Waals surface area (Å²) >= 11 is 8.85. The highest BCUT2D eigenvalue weighted by atomic mass is 35.5. The number of rotatable bonds is 6. The molecule has 0 saturated heterocycles. The van der Waals surface area contributed by atoms with E-state index in [9.17, 15) is 14.0 Å². The largest absolute Gasteiger partial charge is 0.450 e. The van der Waals surface area contributed by atoms with Gasteiger partial charge in [-0.25, -0.2) is 4.39 Å². The summed E-state index contributed by atoms with van der Waals surface area (Å²) in [6, 6.07) is 25.8. The Balaban J connectivity index is 1.32. The number of benzene rings is 4. The molecule has 12 heteroatoms. The Kier molecular flexibility index (Phi) is 7.01. The Morgan fingerprint density at radius 3 is 2.53 bits per heavy atom. The minimum atomic E-state index is -1.97. The average Bonchev–Trinajstić information content (AvgIpc) is 3.71. The van der Waals surface area contributed by atoms with Gasteiger partial charge in [0.2, 0.25) is 10.9 Å². The number of hydrogen-bond donors (Lipinski definition) is 0. The number of aryl methyl sites for hydroxylation is 1. The highest BCUT2D eigenvalue weighted by Crippen LogP contribution is 2.55. The molecule has 1 unspecified atom stereocenters. The molecule has 1 spiro atoms. The average molecular weight is 681 g/mol. The van der Waals surface area contributed by atoms with E-state index in [1.54, 1.807) is 35.2 Å². The summed E-state index contributed by atoms with van der Waals surface area (Å²) in [5, 5.41) is 9.35. The summed E-state index contributed by atoms with van der Waals surface area (Å²) in [6.45, 7) is 2.15. The van der Waals surface area contributed by atoms with Crippen molar-refractivity contribution in [1.29, 1.82) is 0 Å². The van der Waals surface area contributed by atoms with Crippen molar-refractivity contribution in [2.45, 2.75) is 29.1 Å². The molecular weight excluding hydrogens is 659 g/mol. The zero-order chi connectivity index (χ0) is 32.4. The van der Waals surface area contributed by atoms with Gasteiger partial charge < -0.3 is 9.32 Å². The summed E-state index contributed by atoms with van der Waals surface area (Å²) in [4.78, 5) is 46.7. The number of nitrogens with zero attached hydrogens (tertiary/aromatic N) is 4. The molecule has 2 aliphatic rings. The number of para-hydroxylation sites is 1. The number of carbonyl (C=O) groups is 2. The van der Waals surface area contributed by atoms with Crippen LogP contribution in [-0.4, -0.2) is 22.0 Å². The Bertz CT molecular complexity index is 2330. The van der Waals surface area contributed by atoms with E-state index in [1.807, 2.05) is 49.4 Å². The summed E-state index contributed by atoms with van der Waals surface area (Å²) in [7, 11) is 0. The number of fused-ring (bicyclic) bond motifs is 5. The summed E-state index contributed by atoms with van der Waals surface area (Å²) in [5.74, 6) is -1.70. The van der Waals surface area contributed by atoms with Gasteiger partial charge in [-0.1, -0.05) is 101 Å². The summed E-state index contributed by atoms with van der Waals surface area (Å²) in [6.07, 6.45) is 0. The molecule has 0 radical (unpaired) electrons. The van der Waals surface area contributed by atoms with Crippen LogP contribution < -0.4 is 15.2 Å². The van der Waals surface area contributed by atoms with Crippen LogP contribution >= 0.6 is 34.7 Å². The van der Waals surface area contributed by atoms with Crippen LogP contribution in [0.25, 0.3) is 11.0 Å². The molecule has 232 valence electrons. The second-order valence-electron chi connectivity index (χ2n) is 11.3. The van der Waals surface area contributed by atoms with Crippen LogP contribution in [0.4, 0.5) is 15.2 Å². The Morgan fingerprint density at radius 1 is 0.957 bits per heavy atom. The van der Waals surface area contributed by atoms with Gasteiger partial charge >= 0.3 is 0 Å². The molecule has 6 aromatic rings. The van der Waals surface area contributed by atoms with Crippen LogP contribution in [0.5, 0.6) is 0 Å². The lowest BCUT2D eigenvalue weighted by Crippen LogP contribution is -2.53. The lowest BCUT2D eigenvalue weighted by Gasteiger charge is -2.32. The molecule has 0 bridgehead atoms. The number of hydrogen-bond acceptors (Lipinski definition) is 8. The fraction of sp³-hybridized carbons (Fsp3) is 0.114. The molecule has 4 heterocycles. The Labute approximate surface area is 280 Å². The number of amides is 2. The lowest BCUT2D eigenvalue weighted by atomic mass is 9.84. The van der Waals surface area contributed by atoms with Crippen molar-refractivity contribution in [3.8, 4) is 0 Å². The first-order chi connectivity index (χ1) is 22.8. The maximum atomic E-state index is 15.1. The molecule has 2 aliphatic heterocycles. The van der Waals surface area contributed by atoms with Crippen molar-refractivity contribution < 1.29 is 18.4 Å². The van der Waals surface area contributed by atoms with Crippen LogP contribution in [0, 0.1) is 12.7 Å². The monoisotopic (exact) mass is 680 g/mol. The zero-order valence-electron chi connectivity index (χ0n) is 24.6. The van der Waals surface area contributed by atoms with E-state index in [2.05, 4.69) is 10.2 Å². The van der Waals surface area contributed by atoms with Gasteiger partial charge in [0.15, 0.2) is 15.3 Å². The molecule has 0 aliphatic carbocycles. The highest BCUT2D eigenvalue weighted by Gasteiger charge is 2.66. The van der Waals surface area contributed by atoms with Crippen molar-refractivity contribution in [2.24, 2.45) is 0 Å². The second-order valence-corrected chi connectivity index (χ2v) is 13.8. The van der Waals surface area contributed by atoms with Crippen LogP contribution in [0.3, 0.4) is 0 Å². The van der Waals surface area contributed by atoms with Crippen LogP contribution in [0.15, 0.2) is 105 Å². The normalized spacial score (nSPS) is 16.8. The zero-order valence-corrected chi connectivity index (χ0v) is 27.0. The Hall–Kier alpha value is -4.84. The molecule has 4 aromatic carbocycles. The van der Waals surface area contributed by atoms with Gasteiger partial charge in [-0.2, -0.15) is 0 Å². The number of thioether (sulfide) groups is 1. The van der Waals surface area contributed by atoms with Gasteiger partial charge in [0, 0.05) is 16.3 Å². The van der Waals surface area contributed by atoms with Gasteiger partial charge in [0.25, 0.3) is 11.8 Å². The van der Waals surface area contributed by atoms with Gasteiger partial charge in [-0.15, -0.1) is 10.2 Å². The van der Waals surface area contributed by atoms with Crippen molar-refractivity contribution in [3.05, 3.63) is 146 Å². The number of carbonyl (C=O) groups excluding carboxylic acids is 2. The van der Waals surface area contributed by atoms with Crippen molar-refractivity contribution in [1.82, 2.24) is 10.2 Å². The molecule has 8 nitrogen and oxygen atoms in total. The fourth-order valence-electron chi connectivity index (χ4n) is 6.27. The van der Waals surface area contributed by atoms with Crippen molar-refractivity contribution in [3.63, 3.8) is 0 Å². The predicted molar refractivity (Wildman–Crippen MR) is 180 cm³/mol. The third kappa shape index (κ3) is 4.52. The topological polar surface area (TPSA) is 96.6 Å². The van der Waals surface area contributed by atoms with E-state index in [0.29, 0.717) is 26.4 Å². The molecule has 47 heavy (non-hydrogen) atoms. The first-order valence-corrected chi connectivity index (χ1v) is 16.7. The lowest BCUT2D eigenvalue weighted by molar-refractivity contribution is -0.121. The predicted octanol–water partition coefficient (Wildman–Crippen LogP) is 7.49. The van der Waals surface area contributed by atoms with Gasteiger partial charge in [-0.05, 0) is 48.4 Å². The molecular formula is C35H22ClFN4O4S2. The molecule has 2 aromatic heterocycles. The first-order valence-electron chi connectivity index (χ1n) is 14.6. The minimum Gasteiger partial charge on any atom is -0.450 e. The second kappa shape index (κ2) is 11.2. The number of anilines is 2. The number of halogens is 2. The number of aromatic nitrogens is 2.